The van der Waals surface area contributed by atoms with E-state index < -0.39 is 0 Å². The summed E-state index contributed by atoms with van der Waals surface area (Å²) in [6, 6.07) is 2.13. The summed E-state index contributed by atoms with van der Waals surface area (Å²) < 4.78 is 4.89. The first kappa shape index (κ1) is 23.7. The Hall–Kier alpha value is -1.36. The van der Waals surface area contributed by atoms with Crippen LogP contribution < -0.4 is 10.6 Å². The molecule has 1 aliphatic heterocycles. The van der Waals surface area contributed by atoms with E-state index in [0.717, 1.165) is 57.3 Å². The molecule has 2 rings (SSSR count). The molecule has 1 aromatic heterocycles. The van der Waals surface area contributed by atoms with Gasteiger partial charge in [0.2, 0.25) is 5.91 Å². The van der Waals surface area contributed by atoms with E-state index >= 15 is 0 Å². The maximum atomic E-state index is 11.9. The van der Waals surface area contributed by atoms with Gasteiger partial charge in [-0.05, 0) is 20.3 Å². The molecule has 8 nitrogen and oxygen atoms in total. The Morgan fingerprint density at radius 3 is 2.67 bits per heavy atom. The highest BCUT2D eigenvalue weighted by Gasteiger charge is 2.20. The molecular formula is C18H33IN6O2. The van der Waals surface area contributed by atoms with Crippen LogP contribution in [0.2, 0.25) is 0 Å². The zero-order valence-corrected chi connectivity index (χ0v) is 18.9. The second-order valence-electron chi connectivity index (χ2n) is 6.62. The molecule has 1 saturated heterocycles. The number of piperazine rings is 1. The summed E-state index contributed by atoms with van der Waals surface area (Å²) in [6.07, 6.45) is 2.97. The first-order valence-corrected chi connectivity index (χ1v) is 9.56. The molecule has 1 amide bonds. The molecule has 0 spiro atoms. The molecule has 1 atom stereocenters. The summed E-state index contributed by atoms with van der Waals surface area (Å²) in [4.78, 5) is 21.1. The highest BCUT2D eigenvalue weighted by atomic mass is 127. The van der Waals surface area contributed by atoms with E-state index in [1.807, 2.05) is 13.0 Å². The number of nitrogens with zero attached hydrogens (tertiary/aromatic N) is 4. The third kappa shape index (κ3) is 8.46. The molecule has 154 valence electrons. The van der Waals surface area contributed by atoms with Gasteiger partial charge in [-0.3, -0.25) is 14.7 Å². The quantitative estimate of drug-likeness (QED) is 0.327. The summed E-state index contributed by atoms with van der Waals surface area (Å²) >= 11 is 0. The lowest BCUT2D eigenvalue weighted by atomic mass is 10.2. The Labute approximate surface area is 179 Å². The second-order valence-corrected chi connectivity index (χ2v) is 6.62. The molecular weight excluding hydrogens is 459 g/mol. The Balaban J connectivity index is 0.00000364. The highest BCUT2D eigenvalue weighted by Crippen LogP contribution is 2.07. The number of aromatic nitrogens is 1. The van der Waals surface area contributed by atoms with Crippen LogP contribution in [0.3, 0.4) is 0 Å². The maximum absolute atomic E-state index is 11.9. The lowest BCUT2D eigenvalue weighted by Crippen LogP contribution is -2.52. The van der Waals surface area contributed by atoms with Gasteiger partial charge in [-0.2, -0.15) is 0 Å². The second kappa shape index (κ2) is 12.9. The van der Waals surface area contributed by atoms with Crippen LogP contribution in [-0.4, -0.2) is 72.1 Å². The number of hydrogen-bond acceptors (Lipinski definition) is 5. The minimum Gasteiger partial charge on any atom is -0.364 e. The van der Waals surface area contributed by atoms with Crippen LogP contribution >= 0.6 is 24.0 Å². The number of halogens is 1. The minimum absolute atomic E-state index is 0. The van der Waals surface area contributed by atoms with Crippen LogP contribution in [0.5, 0.6) is 0 Å². The van der Waals surface area contributed by atoms with E-state index in [-0.39, 0.29) is 35.9 Å². The number of amides is 1. The molecule has 0 radical (unpaired) electrons. The van der Waals surface area contributed by atoms with Gasteiger partial charge in [0.1, 0.15) is 6.26 Å². The zero-order chi connectivity index (χ0) is 18.8. The van der Waals surface area contributed by atoms with Gasteiger partial charge in [-0.1, -0.05) is 12.1 Å². The molecule has 0 bridgehead atoms. The number of nitrogens with one attached hydrogen (secondary N) is 2. The molecule has 27 heavy (non-hydrogen) atoms. The van der Waals surface area contributed by atoms with Crippen molar-refractivity contribution in [2.75, 3.05) is 39.3 Å². The van der Waals surface area contributed by atoms with E-state index in [9.17, 15) is 4.79 Å². The number of carbonyl (C=O) groups excluding carboxylic acids is 1. The Morgan fingerprint density at radius 1 is 1.33 bits per heavy atom. The van der Waals surface area contributed by atoms with Crippen LogP contribution in [0.4, 0.5) is 0 Å². The number of hydrogen-bond donors (Lipinski definition) is 2. The van der Waals surface area contributed by atoms with Gasteiger partial charge in [0.25, 0.3) is 0 Å². The number of aliphatic imine (C=N–C) groups is 1. The van der Waals surface area contributed by atoms with E-state index in [4.69, 9.17) is 4.52 Å². The molecule has 2 heterocycles. The molecule has 1 fully saturated rings. The van der Waals surface area contributed by atoms with Gasteiger partial charge in [0.05, 0.1) is 12.2 Å². The fraction of sp³-hybridized carbons (Fsp3) is 0.722. The van der Waals surface area contributed by atoms with Crippen LogP contribution in [0.1, 0.15) is 39.3 Å². The molecule has 9 heteroatoms. The third-order valence-electron chi connectivity index (χ3n) is 4.50. The first-order chi connectivity index (χ1) is 12.6. The van der Waals surface area contributed by atoms with Crippen molar-refractivity contribution in [1.82, 2.24) is 25.6 Å². The average molecular weight is 492 g/mol. The van der Waals surface area contributed by atoms with Crippen molar-refractivity contribution in [1.29, 1.82) is 0 Å². The van der Waals surface area contributed by atoms with Crippen LogP contribution in [-0.2, 0) is 11.3 Å². The van der Waals surface area contributed by atoms with E-state index in [1.54, 1.807) is 6.26 Å². The topological polar surface area (TPSA) is 86.0 Å². The minimum atomic E-state index is 0. The zero-order valence-electron chi connectivity index (χ0n) is 16.6. The Kier molecular flexibility index (Phi) is 11.3. The van der Waals surface area contributed by atoms with E-state index in [0.29, 0.717) is 13.0 Å². The monoisotopic (exact) mass is 492 g/mol. The van der Waals surface area contributed by atoms with Gasteiger partial charge in [-0.25, -0.2) is 0 Å². The summed E-state index contributed by atoms with van der Waals surface area (Å²) in [6.45, 7) is 12.0. The number of guanidine groups is 1. The van der Waals surface area contributed by atoms with Crippen molar-refractivity contribution >= 4 is 35.8 Å². The van der Waals surface area contributed by atoms with E-state index in [1.165, 1.54) is 0 Å². The van der Waals surface area contributed by atoms with Crippen molar-refractivity contribution in [3.63, 3.8) is 0 Å². The van der Waals surface area contributed by atoms with E-state index in [2.05, 4.69) is 44.4 Å². The van der Waals surface area contributed by atoms with Gasteiger partial charge in [-0.15, -0.1) is 24.0 Å². The lowest BCUT2D eigenvalue weighted by molar-refractivity contribution is -0.121. The normalized spacial score (nSPS) is 16.6. The highest BCUT2D eigenvalue weighted by molar-refractivity contribution is 14.0. The van der Waals surface area contributed by atoms with Crippen molar-refractivity contribution < 1.29 is 9.32 Å². The van der Waals surface area contributed by atoms with Crippen molar-refractivity contribution in [2.24, 2.45) is 4.99 Å². The standard InChI is InChI=1S/C18H32N6O2.HI/c1-4-15(3)21-17(25)6-8-20-18(19-5-2)24-11-9-23(10-12-24)14-16-7-13-26-22-16;/h7,13,15H,4-6,8-12,14H2,1-3H3,(H,19,20)(H,21,25);1H. The molecule has 0 aromatic carbocycles. The van der Waals surface area contributed by atoms with Crippen LogP contribution in [0.15, 0.2) is 21.8 Å². The summed E-state index contributed by atoms with van der Waals surface area (Å²) in [5, 5.41) is 10.3. The molecule has 2 N–H and O–H groups in total. The predicted octanol–water partition coefficient (Wildman–Crippen LogP) is 1.68. The molecule has 1 aliphatic rings. The van der Waals surface area contributed by atoms with Crippen LogP contribution in [0.25, 0.3) is 0 Å². The van der Waals surface area contributed by atoms with Gasteiger partial charge < -0.3 is 20.1 Å². The van der Waals surface area contributed by atoms with Gasteiger partial charge in [0.15, 0.2) is 5.96 Å². The largest absolute Gasteiger partial charge is 0.364 e. The molecule has 0 aliphatic carbocycles. The van der Waals surface area contributed by atoms with Crippen LogP contribution in [0, 0.1) is 0 Å². The van der Waals surface area contributed by atoms with Crippen molar-refractivity contribution in [3.05, 3.63) is 18.0 Å². The summed E-state index contributed by atoms with van der Waals surface area (Å²) in [5.74, 6) is 0.960. The maximum Gasteiger partial charge on any atom is 0.222 e. The third-order valence-corrected chi connectivity index (χ3v) is 4.50. The SMILES string of the molecule is CCNC(=NCCC(=O)NC(C)CC)N1CCN(Cc2ccon2)CC1.I. The molecule has 1 unspecified atom stereocenters. The summed E-state index contributed by atoms with van der Waals surface area (Å²) in [7, 11) is 0. The fourth-order valence-electron chi connectivity index (χ4n) is 2.80. The Bertz CT molecular complexity index is 558. The number of carbonyl (C=O) groups is 1. The average Bonchev–Trinajstić information content (AvgIpc) is 3.14. The first-order valence-electron chi connectivity index (χ1n) is 9.56. The fourth-order valence-corrected chi connectivity index (χ4v) is 2.80. The number of rotatable bonds is 8. The Morgan fingerprint density at radius 2 is 2.07 bits per heavy atom. The van der Waals surface area contributed by atoms with Crippen molar-refractivity contribution in [2.45, 2.75) is 46.2 Å². The molecule has 0 saturated carbocycles. The van der Waals surface area contributed by atoms with Gasteiger partial charge in [0, 0.05) is 57.8 Å². The van der Waals surface area contributed by atoms with Crippen molar-refractivity contribution in [3.8, 4) is 0 Å². The smallest absolute Gasteiger partial charge is 0.222 e. The summed E-state index contributed by atoms with van der Waals surface area (Å²) in [5.41, 5.74) is 0.964. The lowest BCUT2D eigenvalue weighted by Gasteiger charge is -2.36. The predicted molar refractivity (Wildman–Crippen MR) is 117 cm³/mol. The van der Waals surface area contributed by atoms with Gasteiger partial charge >= 0.3 is 0 Å². The molecule has 1 aromatic rings.